The van der Waals surface area contributed by atoms with Crippen molar-refractivity contribution >= 4 is 22.4 Å². The van der Waals surface area contributed by atoms with Gasteiger partial charge in [0.15, 0.2) is 0 Å². The number of hydrogen-bond acceptors (Lipinski definition) is 0. The molecule has 0 heteroatoms. The predicted octanol–water partition coefficient (Wildman–Crippen LogP) is 10.4. The van der Waals surface area contributed by atoms with Gasteiger partial charge in [0.1, 0.15) is 0 Å². The minimum atomic E-state index is -0.0967. The third kappa shape index (κ3) is 3.76. The minimum Gasteiger partial charge on any atom is -0.0681 e. The summed E-state index contributed by atoms with van der Waals surface area (Å²) in [6.45, 7) is 4.80. The summed E-state index contributed by atoms with van der Waals surface area (Å²) in [5.74, 6) is 0.543. The molecule has 47 heavy (non-hydrogen) atoms. The Balaban J connectivity index is 1.17. The molecule has 0 aliphatic heterocycles. The first-order valence-electron chi connectivity index (χ1n) is 16.9. The van der Waals surface area contributed by atoms with Gasteiger partial charge in [-0.1, -0.05) is 159 Å². The first kappa shape index (κ1) is 26.7. The van der Waals surface area contributed by atoms with E-state index in [-0.39, 0.29) is 17.3 Å². The standard InChI is InChI=1S/C47H34/c1-47(2)41-27-32(29-12-5-3-6-13-29)21-24-37(41)38-25-22-34(28-42(38)47)36-23-20-31-17-11-19-39-44(31)45(36)40-26-33-16-9-10-18-35(33)43(46(39)40)30-14-7-4-8-15-30/h3-28,40,46H,1-2H3. The van der Waals surface area contributed by atoms with Gasteiger partial charge in [-0.3, -0.25) is 0 Å². The van der Waals surface area contributed by atoms with Crippen molar-refractivity contribution in [3.05, 3.63) is 190 Å². The fourth-order valence-electron chi connectivity index (χ4n) is 9.08. The van der Waals surface area contributed by atoms with E-state index >= 15 is 0 Å². The molecule has 7 aromatic carbocycles. The van der Waals surface area contributed by atoms with E-state index in [1.807, 2.05) is 0 Å². The molecule has 0 N–H and O–H groups in total. The molecule has 0 saturated heterocycles. The van der Waals surface area contributed by atoms with Crippen molar-refractivity contribution in [3.63, 3.8) is 0 Å². The number of benzene rings is 7. The molecule has 0 saturated carbocycles. The SMILES string of the molecule is CC1(C)c2cc(-c3ccccc3)ccc2-c2ccc(-c3ccc4cccc5c4c3C3C=c4ccccc4=C(c4ccccc4)C53)cc21. The van der Waals surface area contributed by atoms with Gasteiger partial charge in [-0.15, -0.1) is 0 Å². The Labute approximate surface area is 276 Å². The first-order chi connectivity index (χ1) is 23.1. The average molecular weight is 599 g/mol. The van der Waals surface area contributed by atoms with Crippen LogP contribution in [0, 0.1) is 0 Å². The lowest BCUT2D eigenvalue weighted by atomic mass is 9.75. The third-order valence-corrected chi connectivity index (χ3v) is 11.2. The zero-order chi connectivity index (χ0) is 31.3. The molecule has 7 aromatic rings. The van der Waals surface area contributed by atoms with Gasteiger partial charge in [0.05, 0.1) is 0 Å². The summed E-state index contributed by atoms with van der Waals surface area (Å²) < 4.78 is 0. The second-order valence-electron chi connectivity index (χ2n) is 14.0. The number of fused-ring (bicyclic) bond motifs is 7. The van der Waals surface area contributed by atoms with E-state index in [0.717, 1.165) is 0 Å². The fraction of sp³-hybridized carbons (Fsp3) is 0.106. The quantitative estimate of drug-likeness (QED) is 0.190. The van der Waals surface area contributed by atoms with E-state index in [1.54, 1.807) is 0 Å². The highest BCUT2D eigenvalue weighted by Gasteiger charge is 2.40. The maximum absolute atomic E-state index is 2.56. The monoisotopic (exact) mass is 598 g/mol. The second-order valence-corrected chi connectivity index (χ2v) is 14.0. The molecule has 0 radical (unpaired) electrons. The van der Waals surface area contributed by atoms with Crippen LogP contribution < -0.4 is 10.4 Å². The van der Waals surface area contributed by atoms with Crippen molar-refractivity contribution in [2.24, 2.45) is 0 Å². The van der Waals surface area contributed by atoms with E-state index in [1.165, 1.54) is 88.0 Å². The number of rotatable bonds is 3. The van der Waals surface area contributed by atoms with Gasteiger partial charge in [0, 0.05) is 17.3 Å². The summed E-state index contributed by atoms with van der Waals surface area (Å²) in [6, 6.07) is 56.8. The van der Waals surface area contributed by atoms with Crippen LogP contribution in [0.5, 0.6) is 0 Å². The molecule has 0 aromatic heterocycles. The molecule has 10 rings (SSSR count). The van der Waals surface area contributed by atoms with E-state index < -0.39 is 0 Å². The van der Waals surface area contributed by atoms with Gasteiger partial charge < -0.3 is 0 Å². The average Bonchev–Trinajstić information content (AvgIpc) is 3.57. The van der Waals surface area contributed by atoms with E-state index in [9.17, 15) is 0 Å². The van der Waals surface area contributed by atoms with E-state index in [4.69, 9.17) is 0 Å². The van der Waals surface area contributed by atoms with Crippen molar-refractivity contribution < 1.29 is 0 Å². The van der Waals surface area contributed by atoms with Crippen LogP contribution in [0.4, 0.5) is 0 Å². The van der Waals surface area contributed by atoms with Gasteiger partial charge in [-0.05, 0) is 100 Å². The summed E-state index contributed by atoms with van der Waals surface area (Å²) in [5, 5.41) is 5.47. The summed E-state index contributed by atoms with van der Waals surface area (Å²) in [7, 11) is 0. The fourth-order valence-corrected chi connectivity index (χ4v) is 9.08. The molecule has 2 atom stereocenters. The van der Waals surface area contributed by atoms with Crippen LogP contribution in [-0.4, -0.2) is 0 Å². The zero-order valence-corrected chi connectivity index (χ0v) is 26.7. The smallest absolute Gasteiger partial charge is 0.0212 e. The van der Waals surface area contributed by atoms with E-state index in [2.05, 4.69) is 172 Å². The Kier molecular flexibility index (Phi) is 5.56. The maximum atomic E-state index is 2.56. The molecular formula is C47H34. The van der Waals surface area contributed by atoms with Crippen LogP contribution in [0.2, 0.25) is 0 Å². The van der Waals surface area contributed by atoms with Crippen LogP contribution in [0.3, 0.4) is 0 Å². The minimum absolute atomic E-state index is 0.0967. The highest BCUT2D eigenvalue weighted by Crippen LogP contribution is 2.57. The summed E-state index contributed by atoms with van der Waals surface area (Å²) >= 11 is 0. The summed E-state index contributed by atoms with van der Waals surface area (Å²) in [5.41, 5.74) is 16.4. The van der Waals surface area contributed by atoms with Gasteiger partial charge in [-0.25, -0.2) is 0 Å². The molecule has 0 amide bonds. The summed E-state index contributed by atoms with van der Waals surface area (Å²) in [6.07, 6.45) is 2.56. The maximum Gasteiger partial charge on any atom is 0.0212 e. The van der Waals surface area contributed by atoms with Crippen LogP contribution in [0.25, 0.3) is 55.8 Å². The van der Waals surface area contributed by atoms with Crippen molar-refractivity contribution in [1.82, 2.24) is 0 Å². The Morgan fingerprint density at radius 2 is 1.13 bits per heavy atom. The van der Waals surface area contributed by atoms with Crippen LogP contribution in [0.1, 0.15) is 53.5 Å². The zero-order valence-electron chi connectivity index (χ0n) is 26.7. The van der Waals surface area contributed by atoms with Crippen LogP contribution in [-0.2, 0) is 5.41 Å². The molecule has 2 unspecified atom stereocenters. The van der Waals surface area contributed by atoms with Crippen molar-refractivity contribution in [2.75, 3.05) is 0 Å². The molecule has 0 nitrogen and oxygen atoms in total. The molecular weight excluding hydrogens is 565 g/mol. The number of hydrogen-bond donors (Lipinski definition) is 0. The van der Waals surface area contributed by atoms with Crippen molar-refractivity contribution in [3.8, 4) is 33.4 Å². The molecule has 222 valence electrons. The first-order valence-corrected chi connectivity index (χ1v) is 16.9. The van der Waals surface area contributed by atoms with Gasteiger partial charge in [-0.2, -0.15) is 0 Å². The third-order valence-electron chi connectivity index (χ3n) is 11.2. The van der Waals surface area contributed by atoms with Gasteiger partial charge >= 0.3 is 0 Å². The second kappa shape index (κ2) is 9.77. The lowest BCUT2D eigenvalue weighted by Crippen LogP contribution is -2.34. The molecule has 3 aliphatic carbocycles. The highest BCUT2D eigenvalue weighted by molar-refractivity contribution is 6.02. The Hall–Kier alpha value is -5.46. The lowest BCUT2D eigenvalue weighted by Gasteiger charge is -2.28. The normalized spacial score (nSPS) is 17.9. The van der Waals surface area contributed by atoms with Crippen LogP contribution in [0.15, 0.2) is 152 Å². The van der Waals surface area contributed by atoms with Crippen molar-refractivity contribution in [2.45, 2.75) is 31.1 Å². The Bertz CT molecular complexity index is 2530. The molecule has 3 aliphatic rings. The van der Waals surface area contributed by atoms with Gasteiger partial charge in [0.2, 0.25) is 0 Å². The molecule has 0 heterocycles. The Morgan fingerprint density at radius 3 is 1.89 bits per heavy atom. The lowest BCUT2D eigenvalue weighted by molar-refractivity contribution is 0.661. The van der Waals surface area contributed by atoms with Gasteiger partial charge in [0.25, 0.3) is 0 Å². The Morgan fingerprint density at radius 1 is 0.489 bits per heavy atom. The largest absolute Gasteiger partial charge is 0.0681 e. The highest BCUT2D eigenvalue weighted by atomic mass is 14.4. The molecule has 0 spiro atoms. The molecule has 0 bridgehead atoms. The van der Waals surface area contributed by atoms with E-state index in [0.29, 0.717) is 0 Å². The predicted molar refractivity (Wildman–Crippen MR) is 197 cm³/mol. The summed E-state index contributed by atoms with van der Waals surface area (Å²) in [4.78, 5) is 0. The molecule has 0 fully saturated rings. The van der Waals surface area contributed by atoms with Crippen molar-refractivity contribution in [1.29, 1.82) is 0 Å². The van der Waals surface area contributed by atoms with Crippen LogP contribution >= 0.6 is 0 Å². The topological polar surface area (TPSA) is 0 Å².